The van der Waals surface area contributed by atoms with Gasteiger partial charge in [0, 0.05) is 37.7 Å². The summed E-state index contributed by atoms with van der Waals surface area (Å²) in [7, 11) is 0. The van der Waals surface area contributed by atoms with Gasteiger partial charge in [0.15, 0.2) is 0 Å². The zero-order valence-electron chi connectivity index (χ0n) is 16.1. The quantitative estimate of drug-likeness (QED) is 0.781. The molecule has 3 rings (SSSR count). The molecule has 2 aliphatic rings. The molecule has 2 amide bonds. The van der Waals surface area contributed by atoms with Crippen LogP contribution in [0.1, 0.15) is 70.3 Å². The molecule has 1 heterocycles. The maximum atomic E-state index is 12.9. The van der Waals surface area contributed by atoms with Gasteiger partial charge in [-0.3, -0.25) is 9.59 Å². The Balaban J connectivity index is 1.89. The monoisotopic (exact) mass is 356 g/mol. The molecule has 1 aromatic rings. The maximum Gasteiger partial charge on any atom is 0.230 e. The smallest absolute Gasteiger partial charge is 0.230 e. The van der Waals surface area contributed by atoms with Gasteiger partial charge in [0.1, 0.15) is 0 Å². The molecule has 0 N–H and O–H groups in total. The minimum atomic E-state index is 0.203. The standard InChI is InChI=1S/C22H32N2O2/c1-2-21(25)23-15-9-5-3-4-6-10-16-24(22(26)18-13-14-18)20-12-8-7-11-19(20)17-23/h7-8,11-12,18H,2-6,9-10,13-17H2,1H3. The van der Waals surface area contributed by atoms with Crippen molar-refractivity contribution in [3.05, 3.63) is 29.8 Å². The first-order valence-corrected chi connectivity index (χ1v) is 10.4. The van der Waals surface area contributed by atoms with Crippen molar-refractivity contribution in [1.82, 2.24) is 4.90 Å². The van der Waals surface area contributed by atoms with Gasteiger partial charge in [-0.05, 0) is 37.3 Å². The van der Waals surface area contributed by atoms with Gasteiger partial charge in [0.05, 0.1) is 0 Å². The number of fused-ring (bicyclic) bond motifs is 1. The molecule has 0 aromatic heterocycles. The summed E-state index contributed by atoms with van der Waals surface area (Å²) in [5, 5.41) is 0. The first-order chi connectivity index (χ1) is 12.7. The summed E-state index contributed by atoms with van der Waals surface area (Å²) in [5.74, 6) is 0.697. The number of carbonyl (C=O) groups is 2. The molecule has 1 aliphatic carbocycles. The Hall–Kier alpha value is -1.84. The zero-order valence-corrected chi connectivity index (χ0v) is 16.1. The van der Waals surface area contributed by atoms with E-state index in [1.54, 1.807) is 0 Å². The molecule has 26 heavy (non-hydrogen) atoms. The van der Waals surface area contributed by atoms with Crippen molar-refractivity contribution in [2.75, 3.05) is 18.0 Å². The largest absolute Gasteiger partial charge is 0.338 e. The molecule has 0 spiro atoms. The van der Waals surface area contributed by atoms with Gasteiger partial charge in [0.25, 0.3) is 0 Å². The van der Waals surface area contributed by atoms with Crippen LogP contribution in [0.15, 0.2) is 24.3 Å². The molecule has 1 fully saturated rings. The van der Waals surface area contributed by atoms with E-state index in [2.05, 4.69) is 12.1 Å². The first-order valence-electron chi connectivity index (χ1n) is 10.4. The van der Waals surface area contributed by atoms with Crippen molar-refractivity contribution in [2.45, 2.75) is 71.3 Å². The summed E-state index contributed by atoms with van der Waals surface area (Å²) in [6.07, 6.45) is 9.51. The van der Waals surface area contributed by atoms with Gasteiger partial charge in [-0.1, -0.05) is 50.8 Å². The number of para-hydroxylation sites is 1. The molecule has 4 heteroatoms. The van der Waals surface area contributed by atoms with Crippen LogP contribution in [0.2, 0.25) is 0 Å². The Kier molecular flexibility index (Phi) is 6.70. The lowest BCUT2D eigenvalue weighted by atomic mass is 10.1. The Morgan fingerprint density at radius 3 is 2.31 bits per heavy atom. The molecule has 0 unspecified atom stereocenters. The fraction of sp³-hybridized carbons (Fsp3) is 0.636. The van der Waals surface area contributed by atoms with Crippen LogP contribution in [0.5, 0.6) is 0 Å². The predicted molar refractivity (Wildman–Crippen MR) is 105 cm³/mol. The molecular weight excluding hydrogens is 324 g/mol. The van der Waals surface area contributed by atoms with E-state index >= 15 is 0 Å². The third-order valence-corrected chi connectivity index (χ3v) is 5.55. The molecule has 4 nitrogen and oxygen atoms in total. The van der Waals surface area contributed by atoms with E-state index in [-0.39, 0.29) is 17.7 Å². The highest BCUT2D eigenvalue weighted by Gasteiger charge is 2.34. The second kappa shape index (κ2) is 9.20. The Labute approximate surface area is 157 Å². The van der Waals surface area contributed by atoms with Gasteiger partial charge in [-0.2, -0.15) is 0 Å². The van der Waals surface area contributed by atoms with Crippen LogP contribution in [-0.2, 0) is 16.1 Å². The molecule has 0 bridgehead atoms. The predicted octanol–water partition coefficient (Wildman–Crippen LogP) is 4.52. The van der Waals surface area contributed by atoms with E-state index in [4.69, 9.17) is 0 Å². The third-order valence-electron chi connectivity index (χ3n) is 5.55. The molecule has 0 saturated heterocycles. The Morgan fingerprint density at radius 1 is 0.962 bits per heavy atom. The number of hydrogen-bond donors (Lipinski definition) is 0. The van der Waals surface area contributed by atoms with Crippen molar-refractivity contribution < 1.29 is 9.59 Å². The SMILES string of the molecule is CCC(=O)N1CCCCCCCCN(C(=O)C2CC2)c2ccccc2C1. The van der Waals surface area contributed by atoms with Crippen LogP contribution in [0.25, 0.3) is 0 Å². The molecule has 1 aromatic carbocycles. The molecule has 0 radical (unpaired) electrons. The summed E-state index contributed by atoms with van der Waals surface area (Å²) < 4.78 is 0. The summed E-state index contributed by atoms with van der Waals surface area (Å²) in [6.45, 7) is 4.15. The number of amides is 2. The molecule has 1 saturated carbocycles. The maximum absolute atomic E-state index is 12.9. The summed E-state index contributed by atoms with van der Waals surface area (Å²) in [4.78, 5) is 29.4. The van der Waals surface area contributed by atoms with Crippen molar-refractivity contribution in [3.63, 3.8) is 0 Å². The average molecular weight is 357 g/mol. The highest BCUT2D eigenvalue weighted by molar-refractivity contribution is 5.97. The second-order valence-electron chi connectivity index (χ2n) is 7.68. The fourth-order valence-corrected chi connectivity index (χ4v) is 3.81. The summed E-state index contributed by atoms with van der Waals surface area (Å²) >= 11 is 0. The number of rotatable bonds is 2. The van der Waals surface area contributed by atoms with Gasteiger partial charge in [0.2, 0.25) is 11.8 Å². The van der Waals surface area contributed by atoms with Gasteiger partial charge >= 0.3 is 0 Å². The van der Waals surface area contributed by atoms with Crippen LogP contribution >= 0.6 is 0 Å². The van der Waals surface area contributed by atoms with Crippen molar-refractivity contribution >= 4 is 17.5 Å². The lowest BCUT2D eigenvalue weighted by molar-refractivity contribution is -0.131. The van der Waals surface area contributed by atoms with Crippen LogP contribution in [0.4, 0.5) is 5.69 Å². The molecule has 142 valence electrons. The number of anilines is 1. The van der Waals surface area contributed by atoms with Crippen molar-refractivity contribution in [2.24, 2.45) is 5.92 Å². The van der Waals surface area contributed by atoms with Gasteiger partial charge in [-0.15, -0.1) is 0 Å². The average Bonchev–Trinajstić information content (AvgIpc) is 3.50. The first kappa shape index (κ1) is 18.9. The lowest BCUT2D eigenvalue weighted by Crippen LogP contribution is -2.35. The van der Waals surface area contributed by atoms with Crippen LogP contribution in [0.3, 0.4) is 0 Å². The van der Waals surface area contributed by atoms with Crippen molar-refractivity contribution in [1.29, 1.82) is 0 Å². The Morgan fingerprint density at radius 2 is 1.62 bits per heavy atom. The van der Waals surface area contributed by atoms with E-state index in [0.29, 0.717) is 13.0 Å². The van der Waals surface area contributed by atoms with E-state index in [9.17, 15) is 9.59 Å². The summed E-state index contributed by atoms with van der Waals surface area (Å²) in [5.41, 5.74) is 2.11. The molecular formula is C22H32N2O2. The fourth-order valence-electron chi connectivity index (χ4n) is 3.81. The summed E-state index contributed by atoms with van der Waals surface area (Å²) in [6, 6.07) is 8.17. The highest BCUT2D eigenvalue weighted by atomic mass is 16.2. The zero-order chi connectivity index (χ0) is 18.4. The highest BCUT2D eigenvalue weighted by Crippen LogP contribution is 2.34. The molecule has 0 atom stereocenters. The van der Waals surface area contributed by atoms with Gasteiger partial charge < -0.3 is 9.80 Å². The van der Waals surface area contributed by atoms with Gasteiger partial charge in [-0.25, -0.2) is 0 Å². The van der Waals surface area contributed by atoms with E-state index in [1.807, 2.05) is 28.9 Å². The second-order valence-corrected chi connectivity index (χ2v) is 7.68. The van der Waals surface area contributed by atoms with E-state index < -0.39 is 0 Å². The lowest BCUT2D eigenvalue weighted by Gasteiger charge is -2.28. The number of hydrogen-bond acceptors (Lipinski definition) is 2. The van der Waals surface area contributed by atoms with Crippen LogP contribution in [-0.4, -0.2) is 29.8 Å². The van der Waals surface area contributed by atoms with Crippen LogP contribution in [0, 0.1) is 5.92 Å². The minimum Gasteiger partial charge on any atom is -0.338 e. The minimum absolute atomic E-state index is 0.203. The Bertz CT molecular complexity index is 624. The van der Waals surface area contributed by atoms with Crippen molar-refractivity contribution in [3.8, 4) is 0 Å². The molecule has 1 aliphatic heterocycles. The van der Waals surface area contributed by atoms with Crippen LogP contribution < -0.4 is 4.90 Å². The third kappa shape index (κ3) is 4.87. The topological polar surface area (TPSA) is 40.6 Å². The normalized spacial score (nSPS) is 19.7. The number of benzene rings is 1. The number of nitrogens with zero attached hydrogens (tertiary/aromatic N) is 2. The number of carbonyl (C=O) groups excluding carboxylic acids is 2. The van der Waals surface area contributed by atoms with E-state index in [0.717, 1.165) is 50.0 Å². The van der Waals surface area contributed by atoms with E-state index in [1.165, 1.54) is 25.7 Å².